The molecule has 130 valence electrons. The first kappa shape index (κ1) is 17.2. The summed E-state index contributed by atoms with van der Waals surface area (Å²) in [5.41, 5.74) is 2.80. The van der Waals surface area contributed by atoms with Gasteiger partial charge in [0, 0.05) is 31.0 Å². The highest BCUT2D eigenvalue weighted by Gasteiger charge is 2.27. The fourth-order valence-electron chi connectivity index (χ4n) is 2.88. The van der Waals surface area contributed by atoms with E-state index < -0.39 is 0 Å². The van der Waals surface area contributed by atoms with Gasteiger partial charge in [0.05, 0.1) is 5.69 Å². The molecule has 1 fully saturated rings. The van der Waals surface area contributed by atoms with Crippen LogP contribution in [0.2, 0.25) is 0 Å². The van der Waals surface area contributed by atoms with E-state index in [1.54, 1.807) is 6.20 Å². The van der Waals surface area contributed by atoms with Crippen LogP contribution in [0.15, 0.2) is 48.7 Å². The molecule has 0 saturated carbocycles. The molecule has 1 aromatic heterocycles. The molecule has 1 aliphatic heterocycles. The van der Waals surface area contributed by atoms with Crippen molar-refractivity contribution in [1.82, 2.24) is 14.8 Å². The van der Waals surface area contributed by atoms with E-state index in [9.17, 15) is 4.79 Å². The maximum atomic E-state index is 12.4. The Morgan fingerprint density at radius 2 is 2.00 bits per heavy atom. The lowest BCUT2D eigenvalue weighted by Gasteiger charge is -2.20. The highest BCUT2D eigenvalue weighted by molar-refractivity contribution is 5.89. The predicted octanol–water partition coefficient (Wildman–Crippen LogP) is 3.42. The Labute approximate surface area is 149 Å². The first-order valence-corrected chi connectivity index (χ1v) is 8.53. The van der Waals surface area contributed by atoms with Gasteiger partial charge in [0.1, 0.15) is 0 Å². The fraction of sp³-hybridized carbons (Fsp3) is 0.300. The molecule has 1 aromatic carbocycles. The lowest BCUT2D eigenvalue weighted by molar-refractivity contribution is 0.216. The third-order valence-electron chi connectivity index (χ3n) is 4.48. The molecule has 0 spiro atoms. The highest BCUT2D eigenvalue weighted by Crippen LogP contribution is 2.16. The molecule has 1 saturated heterocycles. The monoisotopic (exact) mass is 336 g/mol. The lowest BCUT2D eigenvalue weighted by Crippen LogP contribution is -2.36. The number of carbonyl (C=O) groups is 1. The number of hydrogen-bond donors (Lipinski definition) is 1. The van der Waals surface area contributed by atoms with E-state index >= 15 is 0 Å². The highest BCUT2D eigenvalue weighted by atomic mass is 16.2. The summed E-state index contributed by atoms with van der Waals surface area (Å²) in [6.45, 7) is 1.59. The maximum Gasteiger partial charge on any atom is 0.321 e. The number of pyridine rings is 1. The van der Waals surface area contributed by atoms with Crippen molar-refractivity contribution in [3.8, 4) is 0 Å². The summed E-state index contributed by atoms with van der Waals surface area (Å²) in [6.07, 6.45) is 6.78. The minimum atomic E-state index is -0.0267. The van der Waals surface area contributed by atoms with Crippen LogP contribution >= 0.6 is 0 Å². The first-order valence-electron chi connectivity index (χ1n) is 8.53. The van der Waals surface area contributed by atoms with Gasteiger partial charge in [-0.25, -0.2) is 4.79 Å². The molecule has 5 heteroatoms. The van der Waals surface area contributed by atoms with Crippen molar-refractivity contribution in [2.45, 2.75) is 12.5 Å². The topological polar surface area (TPSA) is 48.5 Å². The van der Waals surface area contributed by atoms with Crippen LogP contribution in [0.5, 0.6) is 0 Å². The molecule has 1 aliphatic rings. The molecule has 5 nitrogen and oxygen atoms in total. The molecule has 0 radical (unpaired) electrons. The van der Waals surface area contributed by atoms with Gasteiger partial charge in [-0.1, -0.05) is 24.3 Å². The number of aromatic nitrogens is 1. The van der Waals surface area contributed by atoms with Crippen molar-refractivity contribution < 1.29 is 4.79 Å². The third kappa shape index (κ3) is 4.67. The zero-order valence-electron chi connectivity index (χ0n) is 14.7. The number of rotatable bonds is 4. The Bertz CT molecular complexity index is 725. The fourth-order valence-corrected chi connectivity index (χ4v) is 2.88. The summed E-state index contributed by atoms with van der Waals surface area (Å²) in [5, 5.41) is 2.98. The molecule has 2 heterocycles. The molecular formula is C20H24N4O. The molecule has 1 N–H and O–H groups in total. The summed E-state index contributed by atoms with van der Waals surface area (Å²) in [7, 11) is 4.12. The number of anilines is 1. The summed E-state index contributed by atoms with van der Waals surface area (Å²) in [6, 6.07) is 14.1. The van der Waals surface area contributed by atoms with Gasteiger partial charge in [-0.15, -0.1) is 0 Å². The molecule has 0 aliphatic carbocycles. The molecule has 25 heavy (non-hydrogen) atoms. The number of nitrogens with one attached hydrogen (secondary N) is 1. The van der Waals surface area contributed by atoms with Crippen molar-refractivity contribution in [1.29, 1.82) is 0 Å². The van der Waals surface area contributed by atoms with E-state index in [2.05, 4.69) is 29.3 Å². The van der Waals surface area contributed by atoms with Crippen molar-refractivity contribution in [3.63, 3.8) is 0 Å². The summed E-state index contributed by atoms with van der Waals surface area (Å²) < 4.78 is 0. The van der Waals surface area contributed by atoms with Gasteiger partial charge in [0.25, 0.3) is 0 Å². The number of likely N-dealkylation sites (tertiary alicyclic amines) is 1. The SMILES string of the molecule is CN(C)C1CCN(C(=O)Nc2ccc(/C=C/c3ccccn3)cc2)C1. The smallest absolute Gasteiger partial charge is 0.321 e. The number of likely N-dealkylation sites (N-methyl/N-ethyl adjacent to an activating group) is 1. The normalized spacial score (nSPS) is 17.4. The number of hydrogen-bond acceptors (Lipinski definition) is 3. The number of benzene rings is 1. The number of amides is 2. The van der Waals surface area contributed by atoms with E-state index in [0.29, 0.717) is 6.04 Å². The zero-order valence-corrected chi connectivity index (χ0v) is 14.7. The average molecular weight is 336 g/mol. The average Bonchev–Trinajstić information content (AvgIpc) is 3.13. The number of carbonyl (C=O) groups excluding carboxylic acids is 1. The zero-order chi connectivity index (χ0) is 17.6. The molecular weight excluding hydrogens is 312 g/mol. The van der Waals surface area contributed by atoms with Gasteiger partial charge in [0.2, 0.25) is 0 Å². The van der Waals surface area contributed by atoms with Crippen LogP contribution in [0, 0.1) is 0 Å². The molecule has 2 amide bonds. The summed E-state index contributed by atoms with van der Waals surface area (Å²) in [5.74, 6) is 0. The second-order valence-corrected chi connectivity index (χ2v) is 6.49. The summed E-state index contributed by atoms with van der Waals surface area (Å²) in [4.78, 5) is 20.7. The van der Waals surface area contributed by atoms with Crippen LogP contribution in [-0.2, 0) is 0 Å². The van der Waals surface area contributed by atoms with Gasteiger partial charge in [-0.3, -0.25) is 4.98 Å². The van der Waals surface area contributed by atoms with E-state index in [1.807, 2.05) is 59.5 Å². The third-order valence-corrected chi connectivity index (χ3v) is 4.48. The minimum Gasteiger partial charge on any atom is -0.323 e. The minimum absolute atomic E-state index is 0.0267. The predicted molar refractivity (Wildman–Crippen MR) is 102 cm³/mol. The Kier molecular flexibility index (Phi) is 5.46. The second kappa shape index (κ2) is 7.94. The van der Waals surface area contributed by atoms with Crippen LogP contribution < -0.4 is 5.32 Å². The van der Waals surface area contributed by atoms with Crippen LogP contribution in [0.1, 0.15) is 17.7 Å². The molecule has 1 atom stereocenters. The maximum absolute atomic E-state index is 12.4. The molecule has 3 rings (SSSR count). The lowest BCUT2D eigenvalue weighted by atomic mass is 10.2. The standard InChI is InChI=1S/C20H24N4O/c1-23(2)19-12-14-24(15-19)20(25)22-18-10-7-16(8-11-18)6-9-17-5-3-4-13-21-17/h3-11,13,19H,12,14-15H2,1-2H3,(H,22,25)/b9-6+. The molecule has 0 bridgehead atoms. The van der Waals surface area contributed by atoms with Crippen molar-refractivity contribution in [2.24, 2.45) is 0 Å². The van der Waals surface area contributed by atoms with Crippen LogP contribution in [0.25, 0.3) is 12.2 Å². The van der Waals surface area contributed by atoms with E-state index in [1.165, 1.54) is 0 Å². The Balaban J connectivity index is 1.56. The van der Waals surface area contributed by atoms with Crippen LogP contribution in [-0.4, -0.2) is 54.0 Å². The Morgan fingerprint density at radius 1 is 1.20 bits per heavy atom. The van der Waals surface area contributed by atoms with Crippen molar-refractivity contribution >= 4 is 23.9 Å². The quantitative estimate of drug-likeness (QED) is 0.931. The van der Waals surface area contributed by atoms with Crippen molar-refractivity contribution in [2.75, 3.05) is 32.5 Å². The van der Waals surface area contributed by atoms with E-state index in [0.717, 1.165) is 36.5 Å². The summed E-state index contributed by atoms with van der Waals surface area (Å²) >= 11 is 0. The van der Waals surface area contributed by atoms with Gasteiger partial charge >= 0.3 is 6.03 Å². The van der Waals surface area contributed by atoms with Crippen molar-refractivity contribution in [3.05, 3.63) is 59.9 Å². The number of urea groups is 1. The van der Waals surface area contributed by atoms with Gasteiger partial charge in [-0.05, 0) is 56.4 Å². The van der Waals surface area contributed by atoms with E-state index in [-0.39, 0.29) is 6.03 Å². The first-order chi connectivity index (χ1) is 12.1. The van der Waals surface area contributed by atoms with Crippen LogP contribution in [0.4, 0.5) is 10.5 Å². The Morgan fingerprint density at radius 3 is 2.64 bits per heavy atom. The molecule has 1 unspecified atom stereocenters. The molecule has 2 aromatic rings. The van der Waals surface area contributed by atoms with Gasteiger partial charge < -0.3 is 15.1 Å². The van der Waals surface area contributed by atoms with Crippen LogP contribution in [0.3, 0.4) is 0 Å². The second-order valence-electron chi connectivity index (χ2n) is 6.49. The van der Waals surface area contributed by atoms with Gasteiger partial charge in [-0.2, -0.15) is 0 Å². The largest absolute Gasteiger partial charge is 0.323 e. The van der Waals surface area contributed by atoms with Gasteiger partial charge in [0.15, 0.2) is 0 Å². The number of nitrogens with zero attached hydrogens (tertiary/aromatic N) is 3. The Hall–Kier alpha value is -2.66. The van der Waals surface area contributed by atoms with E-state index in [4.69, 9.17) is 0 Å².